The fourth-order valence-electron chi connectivity index (χ4n) is 9.14. The zero-order chi connectivity index (χ0) is 49.9. The monoisotopic (exact) mass is 1010 g/mol. The molecular formula is C50H55Cl2F2N11O6. The van der Waals surface area contributed by atoms with Crippen molar-refractivity contribution in [2.45, 2.75) is 90.0 Å². The number of rotatable bonds is 16. The van der Waals surface area contributed by atoms with E-state index in [2.05, 4.69) is 31.2 Å². The molecule has 0 unspecified atom stereocenters. The van der Waals surface area contributed by atoms with E-state index in [-0.39, 0.29) is 69.1 Å². The predicted molar refractivity (Wildman–Crippen MR) is 272 cm³/mol. The van der Waals surface area contributed by atoms with Gasteiger partial charge in [-0.15, -0.1) is 0 Å². The van der Waals surface area contributed by atoms with Crippen LogP contribution in [0.2, 0.25) is 10.0 Å². The van der Waals surface area contributed by atoms with Gasteiger partial charge in [-0.3, -0.25) is 19.2 Å². The van der Waals surface area contributed by atoms with Gasteiger partial charge in [0.2, 0.25) is 5.95 Å². The van der Waals surface area contributed by atoms with Gasteiger partial charge in [0.25, 0.3) is 22.9 Å². The molecule has 9 rings (SSSR count). The van der Waals surface area contributed by atoms with E-state index in [1.54, 1.807) is 36.6 Å². The highest BCUT2D eigenvalue weighted by atomic mass is 35.5. The Labute approximate surface area is 417 Å². The number of likely N-dealkylation sites (N-methyl/N-ethyl adjacent to an activating group) is 1. The van der Waals surface area contributed by atoms with Crippen LogP contribution in [-0.2, 0) is 16.1 Å². The van der Waals surface area contributed by atoms with Gasteiger partial charge in [-0.1, -0.05) is 23.2 Å². The number of aromatic nitrogens is 5. The Hall–Kier alpha value is -6.73. The molecule has 0 bridgehead atoms. The first-order valence-electron chi connectivity index (χ1n) is 24.0. The van der Waals surface area contributed by atoms with Crippen molar-refractivity contribution in [1.29, 1.82) is 0 Å². The lowest BCUT2D eigenvalue weighted by Crippen LogP contribution is -2.34. The second-order valence-corrected chi connectivity index (χ2v) is 19.1. The van der Waals surface area contributed by atoms with E-state index in [0.29, 0.717) is 65.7 Å². The van der Waals surface area contributed by atoms with Gasteiger partial charge in [0, 0.05) is 67.8 Å². The minimum Gasteiger partial charge on any atom is -0.478 e. The molecule has 2 aromatic carbocycles. The lowest BCUT2D eigenvalue weighted by molar-refractivity contribution is -0.123. The summed E-state index contributed by atoms with van der Waals surface area (Å²) in [5, 5.41) is 12.9. The number of amides is 2. The molecule has 3 fully saturated rings. The van der Waals surface area contributed by atoms with Crippen LogP contribution in [0.4, 0.5) is 43.4 Å². The van der Waals surface area contributed by atoms with Crippen molar-refractivity contribution in [3.63, 3.8) is 0 Å². The summed E-state index contributed by atoms with van der Waals surface area (Å²) in [6.45, 7) is 4.99. The van der Waals surface area contributed by atoms with E-state index in [1.165, 1.54) is 29.9 Å². The largest absolute Gasteiger partial charge is 0.478 e. The van der Waals surface area contributed by atoms with Crippen LogP contribution in [0, 0.1) is 5.82 Å². The number of carbonyl (C=O) groups is 2. The highest BCUT2D eigenvalue weighted by Crippen LogP contribution is 2.37. The van der Waals surface area contributed by atoms with Crippen LogP contribution in [0.1, 0.15) is 83.0 Å². The first-order valence-corrected chi connectivity index (χ1v) is 24.7. The number of hydrogen-bond acceptors (Lipinski definition) is 13. The van der Waals surface area contributed by atoms with Gasteiger partial charge in [-0.05, 0) is 108 Å². The topological polar surface area (TPSA) is 190 Å². The summed E-state index contributed by atoms with van der Waals surface area (Å²) in [5.74, 6) is -0.519. The van der Waals surface area contributed by atoms with Crippen molar-refractivity contribution >= 4 is 91.5 Å². The standard InChI is InChI=1S/C50H55Cl2F2N11O6/c1-28(2)64-39-13-11-35(59-36-23-42(56-24-34(36)51)62-18-14-30(53)15-19-62)46(54)33(39)22-41(48(64)68)71-27-44(67)57-25-37-45(52)47(61-50(60-37)63-16-5-4-6-17-63)58-31-10-12-38-29(20-31)21-40(70-26-43(66)55-3)49(69)65(38)32-8-7-9-32/h10-13,20-24,28,30,32H,4-9,14-19,25-27H2,1-3H3,(H,55,66)(H,56,59)(H,57,67)(H,58,60,61). The second kappa shape index (κ2) is 21.3. The second-order valence-electron chi connectivity index (χ2n) is 18.3. The van der Waals surface area contributed by atoms with Crippen LogP contribution in [-0.4, -0.2) is 88.5 Å². The highest BCUT2D eigenvalue weighted by molar-refractivity contribution is 6.34. The zero-order valence-corrected chi connectivity index (χ0v) is 41.1. The van der Waals surface area contributed by atoms with Gasteiger partial charge in [0.1, 0.15) is 17.0 Å². The molecule has 0 spiro atoms. The Bertz CT molecular complexity index is 3120. The maximum Gasteiger partial charge on any atom is 0.293 e. The Balaban J connectivity index is 0.942. The summed E-state index contributed by atoms with van der Waals surface area (Å²) >= 11 is 13.5. The summed E-state index contributed by atoms with van der Waals surface area (Å²) in [6.07, 6.45) is 7.06. The molecule has 4 aromatic heterocycles. The Morgan fingerprint density at radius 1 is 0.803 bits per heavy atom. The third kappa shape index (κ3) is 10.7. The number of halogens is 4. The number of fused-ring (bicyclic) bond motifs is 2. The number of anilines is 6. The van der Waals surface area contributed by atoms with Gasteiger partial charge in [0.15, 0.2) is 36.3 Å². The van der Waals surface area contributed by atoms with Crippen LogP contribution in [0.15, 0.2) is 64.3 Å². The minimum absolute atomic E-state index is 0.0119. The maximum absolute atomic E-state index is 16.6. The molecule has 6 aromatic rings. The third-order valence-electron chi connectivity index (χ3n) is 13.2. The summed E-state index contributed by atoms with van der Waals surface area (Å²) < 4.78 is 45.1. The van der Waals surface area contributed by atoms with E-state index in [0.717, 1.165) is 57.1 Å². The molecule has 2 saturated heterocycles. The van der Waals surface area contributed by atoms with E-state index in [9.17, 15) is 23.6 Å². The number of nitrogens with zero attached hydrogens (tertiary/aromatic N) is 7. The van der Waals surface area contributed by atoms with E-state index < -0.39 is 36.1 Å². The van der Waals surface area contributed by atoms with Crippen molar-refractivity contribution in [2.75, 3.05) is 66.9 Å². The number of pyridine rings is 3. The number of piperidine rings is 2. The molecule has 2 amide bonds. The molecule has 374 valence electrons. The molecule has 0 atom stereocenters. The first-order chi connectivity index (χ1) is 34.3. The van der Waals surface area contributed by atoms with Crippen LogP contribution in [0.25, 0.3) is 21.8 Å². The fraction of sp³-hybridized carbons (Fsp3) is 0.420. The Morgan fingerprint density at radius 2 is 1.52 bits per heavy atom. The first kappa shape index (κ1) is 49.3. The third-order valence-corrected chi connectivity index (χ3v) is 13.9. The molecular weight excluding hydrogens is 960 g/mol. The van der Waals surface area contributed by atoms with Crippen LogP contribution in [0.3, 0.4) is 0 Å². The lowest BCUT2D eigenvalue weighted by atomic mass is 9.92. The molecule has 6 heterocycles. The molecule has 21 heteroatoms. The van der Waals surface area contributed by atoms with Gasteiger partial charge in [-0.2, -0.15) is 4.98 Å². The van der Waals surface area contributed by atoms with Crippen LogP contribution >= 0.6 is 23.2 Å². The molecule has 2 aliphatic heterocycles. The van der Waals surface area contributed by atoms with E-state index >= 15 is 4.39 Å². The van der Waals surface area contributed by atoms with Crippen LogP contribution in [0.5, 0.6) is 11.5 Å². The summed E-state index contributed by atoms with van der Waals surface area (Å²) in [5.41, 5.74) is 1.58. The highest BCUT2D eigenvalue weighted by Gasteiger charge is 2.27. The molecule has 1 saturated carbocycles. The normalized spacial score (nSPS) is 15.5. The van der Waals surface area contributed by atoms with E-state index in [4.69, 9.17) is 42.6 Å². The minimum atomic E-state index is -0.861. The number of hydrogen-bond donors (Lipinski definition) is 4. The quantitative estimate of drug-likeness (QED) is 0.0723. The molecule has 17 nitrogen and oxygen atoms in total. The van der Waals surface area contributed by atoms with Crippen LogP contribution < -0.4 is 51.7 Å². The van der Waals surface area contributed by atoms with Gasteiger partial charge >= 0.3 is 0 Å². The van der Waals surface area contributed by atoms with Gasteiger partial charge in [0.05, 0.1) is 45.9 Å². The lowest BCUT2D eigenvalue weighted by Gasteiger charge is -2.30. The number of carbonyl (C=O) groups excluding carboxylic acids is 2. The summed E-state index contributed by atoms with van der Waals surface area (Å²) in [4.78, 5) is 71.0. The van der Waals surface area contributed by atoms with Crippen molar-refractivity contribution < 1.29 is 27.8 Å². The fourth-order valence-corrected chi connectivity index (χ4v) is 9.49. The van der Waals surface area contributed by atoms with Crippen molar-refractivity contribution in [3.8, 4) is 11.5 Å². The Morgan fingerprint density at radius 3 is 2.23 bits per heavy atom. The van der Waals surface area contributed by atoms with Crippen molar-refractivity contribution in [2.24, 2.45) is 0 Å². The zero-order valence-electron chi connectivity index (χ0n) is 39.6. The number of alkyl halides is 1. The maximum atomic E-state index is 16.6. The molecule has 4 N–H and O–H groups in total. The Kier molecular flexibility index (Phi) is 14.8. The van der Waals surface area contributed by atoms with Gasteiger partial charge < -0.3 is 49.7 Å². The number of nitrogens with one attached hydrogen (secondary N) is 4. The predicted octanol–water partition coefficient (Wildman–Crippen LogP) is 8.49. The molecule has 71 heavy (non-hydrogen) atoms. The van der Waals surface area contributed by atoms with Crippen molar-refractivity contribution in [3.05, 3.63) is 97.0 Å². The summed E-state index contributed by atoms with van der Waals surface area (Å²) in [7, 11) is 1.50. The van der Waals surface area contributed by atoms with E-state index in [1.807, 2.05) is 23.1 Å². The molecule has 1 aliphatic carbocycles. The number of ether oxygens (including phenoxy) is 2. The van der Waals surface area contributed by atoms with Crippen molar-refractivity contribution in [1.82, 2.24) is 34.7 Å². The summed E-state index contributed by atoms with van der Waals surface area (Å²) in [6, 6.07) is 12.9. The molecule has 0 radical (unpaired) electrons. The average Bonchev–Trinajstić information content (AvgIpc) is 3.35. The number of benzene rings is 2. The SMILES string of the molecule is CNC(=O)COc1cc2cc(Nc3nc(N4CCCCC4)nc(CNC(=O)COc4cc5c(F)c(Nc6cc(N7CCC(F)CC7)ncc6Cl)ccc5n(C(C)C)c4=O)c3Cl)ccc2n(C2CCC2)c1=O. The average molecular weight is 1010 g/mol. The smallest absolute Gasteiger partial charge is 0.293 e. The van der Waals surface area contributed by atoms with Gasteiger partial charge in [-0.25, -0.2) is 18.7 Å². The molecule has 3 aliphatic rings.